The van der Waals surface area contributed by atoms with Crippen LogP contribution < -0.4 is 0 Å². The molecule has 0 radical (unpaired) electrons. The molecule has 2 aliphatic rings. The predicted octanol–water partition coefficient (Wildman–Crippen LogP) is 3.81. The second kappa shape index (κ2) is 5.40. The van der Waals surface area contributed by atoms with Crippen LogP contribution in [-0.4, -0.2) is 11.8 Å². The summed E-state index contributed by atoms with van der Waals surface area (Å²) in [6, 6.07) is 0. The summed E-state index contributed by atoms with van der Waals surface area (Å²) < 4.78 is 11.8. The van der Waals surface area contributed by atoms with Crippen molar-refractivity contribution in [1.82, 2.24) is 0 Å². The molecule has 0 amide bonds. The topological polar surface area (TPSA) is 35.5 Å². The first kappa shape index (κ1) is 14.2. The summed E-state index contributed by atoms with van der Waals surface area (Å²) in [6.45, 7) is 8.46. The minimum atomic E-state index is -0.757. The molecule has 3 atom stereocenters. The first-order valence-corrected chi connectivity index (χ1v) is 7.23. The van der Waals surface area contributed by atoms with Gasteiger partial charge in [0.05, 0.1) is 6.08 Å². The molecule has 0 bridgehead atoms. The standard InChI is InChI=1S/C16H24O3/c1-5-6-13-9-15(17)19-16(18-13)10-12(4)7-8-14(16)11(2)3/h5-6,9,11-12,14H,7-8,10H2,1-4H3/b6-5+/t12-,14+,16-/m1/s1. The molecule has 3 heteroatoms. The van der Waals surface area contributed by atoms with E-state index in [0.29, 0.717) is 17.6 Å². The van der Waals surface area contributed by atoms with Crippen LogP contribution in [0.3, 0.4) is 0 Å². The smallest absolute Gasteiger partial charge is 0.337 e. The van der Waals surface area contributed by atoms with Gasteiger partial charge < -0.3 is 9.47 Å². The average molecular weight is 264 g/mol. The lowest BCUT2D eigenvalue weighted by Crippen LogP contribution is -2.52. The van der Waals surface area contributed by atoms with Crippen molar-refractivity contribution in [3.05, 3.63) is 24.0 Å². The average Bonchev–Trinajstić information content (AvgIpc) is 2.27. The highest BCUT2D eigenvalue weighted by atomic mass is 16.7. The first-order chi connectivity index (χ1) is 8.97. The quantitative estimate of drug-likeness (QED) is 0.711. The molecule has 1 aliphatic heterocycles. The summed E-state index contributed by atoms with van der Waals surface area (Å²) in [5.74, 6) is 0.809. The lowest BCUT2D eigenvalue weighted by molar-refractivity contribution is -0.266. The van der Waals surface area contributed by atoms with E-state index >= 15 is 0 Å². The van der Waals surface area contributed by atoms with E-state index in [9.17, 15) is 4.79 Å². The van der Waals surface area contributed by atoms with Gasteiger partial charge in [-0.25, -0.2) is 4.79 Å². The zero-order valence-corrected chi connectivity index (χ0v) is 12.3. The summed E-state index contributed by atoms with van der Waals surface area (Å²) in [5.41, 5.74) is 0. The molecule has 0 unspecified atom stereocenters. The molecule has 0 N–H and O–H groups in total. The van der Waals surface area contributed by atoms with Crippen LogP contribution in [-0.2, 0) is 14.3 Å². The van der Waals surface area contributed by atoms with Crippen molar-refractivity contribution in [3.63, 3.8) is 0 Å². The molecule has 0 aromatic carbocycles. The largest absolute Gasteiger partial charge is 0.452 e. The minimum absolute atomic E-state index is 0.265. The molecular formula is C16H24O3. The summed E-state index contributed by atoms with van der Waals surface area (Å²) in [5, 5.41) is 0. The van der Waals surface area contributed by atoms with Gasteiger partial charge in [0, 0.05) is 12.3 Å². The van der Waals surface area contributed by atoms with Crippen molar-refractivity contribution in [2.75, 3.05) is 0 Å². The maximum atomic E-state index is 11.9. The van der Waals surface area contributed by atoms with E-state index in [4.69, 9.17) is 9.47 Å². The van der Waals surface area contributed by atoms with Gasteiger partial charge >= 0.3 is 5.97 Å². The number of carbonyl (C=O) groups is 1. The van der Waals surface area contributed by atoms with Crippen molar-refractivity contribution in [2.45, 2.75) is 52.7 Å². The van der Waals surface area contributed by atoms with E-state index in [0.717, 1.165) is 12.8 Å². The number of hydrogen-bond donors (Lipinski definition) is 0. The lowest BCUT2D eigenvalue weighted by Gasteiger charge is -2.47. The Morgan fingerprint density at radius 2 is 2.11 bits per heavy atom. The van der Waals surface area contributed by atoms with E-state index < -0.39 is 5.79 Å². The van der Waals surface area contributed by atoms with Crippen LogP contribution >= 0.6 is 0 Å². The Hall–Kier alpha value is -1.25. The monoisotopic (exact) mass is 264 g/mol. The third-order valence-electron chi connectivity index (χ3n) is 4.13. The van der Waals surface area contributed by atoms with E-state index in [1.54, 1.807) is 0 Å². The van der Waals surface area contributed by atoms with Crippen molar-refractivity contribution in [3.8, 4) is 0 Å². The van der Waals surface area contributed by atoms with Gasteiger partial charge in [-0.3, -0.25) is 0 Å². The van der Waals surface area contributed by atoms with Crippen molar-refractivity contribution in [1.29, 1.82) is 0 Å². The Bertz CT molecular complexity index is 408. The van der Waals surface area contributed by atoms with E-state index in [1.165, 1.54) is 12.5 Å². The molecule has 1 fully saturated rings. The highest BCUT2D eigenvalue weighted by molar-refractivity contribution is 5.84. The molecule has 1 heterocycles. The third kappa shape index (κ3) is 2.85. The molecule has 106 valence electrons. The summed E-state index contributed by atoms with van der Waals surface area (Å²) in [7, 11) is 0. The normalized spacial score (nSPS) is 35.4. The zero-order chi connectivity index (χ0) is 14.0. The molecule has 1 aliphatic carbocycles. The third-order valence-corrected chi connectivity index (χ3v) is 4.13. The Morgan fingerprint density at radius 1 is 1.37 bits per heavy atom. The van der Waals surface area contributed by atoms with Gasteiger partial charge in [0.15, 0.2) is 0 Å². The molecule has 1 saturated carbocycles. The van der Waals surface area contributed by atoms with Crippen LogP contribution in [0, 0.1) is 17.8 Å². The summed E-state index contributed by atoms with van der Waals surface area (Å²) in [6.07, 6.45) is 8.16. The summed E-state index contributed by atoms with van der Waals surface area (Å²) in [4.78, 5) is 11.9. The molecule has 2 rings (SSSR count). The lowest BCUT2D eigenvalue weighted by atomic mass is 9.72. The van der Waals surface area contributed by atoms with Gasteiger partial charge in [0.2, 0.25) is 0 Å². The van der Waals surface area contributed by atoms with E-state index in [2.05, 4.69) is 20.8 Å². The van der Waals surface area contributed by atoms with Gasteiger partial charge in [-0.1, -0.05) is 26.8 Å². The number of esters is 1. The van der Waals surface area contributed by atoms with Crippen LogP contribution in [0.25, 0.3) is 0 Å². The van der Waals surface area contributed by atoms with Gasteiger partial charge in [0.25, 0.3) is 5.79 Å². The van der Waals surface area contributed by atoms with Crippen LogP contribution in [0.15, 0.2) is 24.0 Å². The molecular weight excluding hydrogens is 240 g/mol. The van der Waals surface area contributed by atoms with Crippen LogP contribution in [0.4, 0.5) is 0 Å². The Labute approximate surface area is 115 Å². The van der Waals surface area contributed by atoms with E-state index in [1.807, 2.05) is 19.1 Å². The fraction of sp³-hybridized carbons (Fsp3) is 0.688. The molecule has 3 nitrogen and oxygen atoms in total. The minimum Gasteiger partial charge on any atom is -0.452 e. The SMILES string of the molecule is C/C=C/C1=CC(=O)O[C@@]2(C[C@H](C)CC[C@H]2C(C)C)O1. The maximum absolute atomic E-state index is 11.9. The number of carbonyl (C=O) groups excluding carboxylic acids is 1. The van der Waals surface area contributed by atoms with Crippen molar-refractivity contribution in [2.24, 2.45) is 17.8 Å². The van der Waals surface area contributed by atoms with Crippen molar-refractivity contribution >= 4 is 5.97 Å². The highest BCUT2D eigenvalue weighted by Gasteiger charge is 2.51. The number of rotatable bonds is 2. The summed E-state index contributed by atoms with van der Waals surface area (Å²) >= 11 is 0. The molecule has 0 saturated heterocycles. The molecule has 0 aromatic rings. The highest BCUT2D eigenvalue weighted by Crippen LogP contribution is 2.46. The maximum Gasteiger partial charge on any atom is 0.337 e. The Balaban J connectivity index is 2.32. The number of hydrogen-bond acceptors (Lipinski definition) is 3. The van der Waals surface area contributed by atoms with Gasteiger partial charge in [0.1, 0.15) is 5.76 Å². The molecule has 19 heavy (non-hydrogen) atoms. The number of allylic oxidation sites excluding steroid dienone is 2. The fourth-order valence-corrected chi connectivity index (χ4v) is 3.31. The fourth-order valence-electron chi connectivity index (χ4n) is 3.31. The van der Waals surface area contributed by atoms with E-state index in [-0.39, 0.29) is 11.9 Å². The zero-order valence-electron chi connectivity index (χ0n) is 12.3. The van der Waals surface area contributed by atoms with Gasteiger partial charge in [-0.15, -0.1) is 0 Å². The van der Waals surface area contributed by atoms with Crippen molar-refractivity contribution < 1.29 is 14.3 Å². The second-order valence-electron chi connectivity index (χ2n) is 6.12. The van der Waals surface area contributed by atoms with Crippen LogP contribution in [0.2, 0.25) is 0 Å². The molecule has 1 spiro atoms. The predicted molar refractivity (Wildman–Crippen MR) is 74.1 cm³/mol. The second-order valence-corrected chi connectivity index (χ2v) is 6.12. The number of ether oxygens (including phenoxy) is 2. The van der Waals surface area contributed by atoms with Crippen LogP contribution in [0.1, 0.15) is 47.0 Å². The Kier molecular flexibility index (Phi) is 4.02. The van der Waals surface area contributed by atoms with Gasteiger partial charge in [-0.2, -0.15) is 0 Å². The first-order valence-electron chi connectivity index (χ1n) is 7.23. The molecule has 0 aromatic heterocycles. The Morgan fingerprint density at radius 3 is 2.74 bits per heavy atom. The van der Waals surface area contributed by atoms with Crippen LogP contribution in [0.5, 0.6) is 0 Å². The van der Waals surface area contributed by atoms with Gasteiger partial charge in [-0.05, 0) is 37.7 Å².